The van der Waals surface area contributed by atoms with Gasteiger partial charge < -0.3 is 13.8 Å². The molecule has 1 fully saturated rings. The maximum Gasteiger partial charge on any atom is 0.333 e. The van der Waals surface area contributed by atoms with Crippen LogP contribution >= 0.6 is 10.9 Å². The molecule has 1 unspecified atom stereocenters. The average Bonchev–Trinajstić information content (AvgIpc) is 2.01. The van der Waals surface area contributed by atoms with Gasteiger partial charge in [-0.1, -0.05) is 6.58 Å². The minimum absolute atomic E-state index is 0.0496. The molecular formula is C8H14O5S. The van der Waals surface area contributed by atoms with E-state index in [-0.39, 0.29) is 12.4 Å². The Bertz CT molecular complexity index is 250. The first-order valence-corrected chi connectivity index (χ1v) is 5.81. The SMILES string of the molecule is C=C(C)C(=O)OC1CCOS(O)(O)C1. The molecular weight excluding hydrogens is 208 g/mol. The van der Waals surface area contributed by atoms with Crippen LogP contribution in [-0.4, -0.2) is 33.5 Å². The molecule has 1 saturated heterocycles. The smallest absolute Gasteiger partial charge is 0.333 e. The van der Waals surface area contributed by atoms with E-state index in [0.29, 0.717) is 12.0 Å². The molecule has 82 valence electrons. The van der Waals surface area contributed by atoms with Crippen molar-refractivity contribution in [3.8, 4) is 0 Å². The first-order valence-electron chi connectivity index (χ1n) is 4.17. The highest BCUT2D eigenvalue weighted by molar-refractivity contribution is 8.20. The van der Waals surface area contributed by atoms with E-state index in [4.69, 9.17) is 8.92 Å². The molecule has 0 radical (unpaired) electrons. The third-order valence-electron chi connectivity index (χ3n) is 1.74. The van der Waals surface area contributed by atoms with Crippen molar-refractivity contribution in [2.75, 3.05) is 12.4 Å². The van der Waals surface area contributed by atoms with Crippen molar-refractivity contribution in [2.24, 2.45) is 0 Å². The predicted octanol–water partition coefficient (Wildman–Crippen LogP) is 1.56. The van der Waals surface area contributed by atoms with Crippen LogP contribution in [0.25, 0.3) is 0 Å². The van der Waals surface area contributed by atoms with E-state index in [1.165, 1.54) is 0 Å². The zero-order chi connectivity index (χ0) is 10.8. The standard InChI is InChI=1S/C8H14O5S/c1-6(2)8(9)13-7-3-4-12-14(10,11)5-7/h7,10-11H,1,3-5H2,2H3. The largest absolute Gasteiger partial charge is 0.458 e. The minimum Gasteiger partial charge on any atom is -0.458 e. The van der Waals surface area contributed by atoms with Crippen molar-refractivity contribution in [1.82, 2.24) is 0 Å². The van der Waals surface area contributed by atoms with Crippen LogP contribution in [0.4, 0.5) is 0 Å². The fraction of sp³-hybridized carbons (Fsp3) is 0.625. The van der Waals surface area contributed by atoms with Crippen LogP contribution in [0.3, 0.4) is 0 Å². The van der Waals surface area contributed by atoms with Crippen LogP contribution in [0.1, 0.15) is 13.3 Å². The fourth-order valence-corrected chi connectivity index (χ4v) is 2.21. The number of hydrogen-bond acceptors (Lipinski definition) is 5. The summed E-state index contributed by atoms with van der Waals surface area (Å²) in [6.45, 7) is 5.17. The molecule has 5 nitrogen and oxygen atoms in total. The summed E-state index contributed by atoms with van der Waals surface area (Å²) in [6, 6.07) is 0. The first kappa shape index (κ1) is 11.5. The van der Waals surface area contributed by atoms with Crippen LogP contribution in [0.5, 0.6) is 0 Å². The number of hydrogen-bond donors (Lipinski definition) is 2. The second kappa shape index (κ2) is 4.31. The van der Waals surface area contributed by atoms with E-state index < -0.39 is 22.9 Å². The lowest BCUT2D eigenvalue weighted by atomic mass is 10.3. The Morgan fingerprint density at radius 3 is 2.79 bits per heavy atom. The molecule has 1 heterocycles. The first-order chi connectivity index (χ1) is 6.41. The molecule has 0 aromatic rings. The van der Waals surface area contributed by atoms with Gasteiger partial charge in [-0.2, -0.15) is 0 Å². The Morgan fingerprint density at radius 2 is 2.29 bits per heavy atom. The third-order valence-corrected chi connectivity index (χ3v) is 3.09. The summed E-state index contributed by atoms with van der Waals surface area (Å²) in [5, 5.41) is 0. The molecule has 0 saturated carbocycles. The molecule has 0 amide bonds. The second-order valence-corrected chi connectivity index (χ2v) is 4.97. The van der Waals surface area contributed by atoms with E-state index in [1.807, 2.05) is 0 Å². The molecule has 0 aromatic carbocycles. The van der Waals surface area contributed by atoms with Crippen molar-refractivity contribution in [3.63, 3.8) is 0 Å². The minimum atomic E-state index is -3.01. The van der Waals surface area contributed by atoms with Crippen LogP contribution in [0, 0.1) is 0 Å². The Balaban J connectivity index is 2.46. The van der Waals surface area contributed by atoms with Crippen molar-refractivity contribution >= 4 is 16.8 Å². The monoisotopic (exact) mass is 222 g/mol. The summed E-state index contributed by atoms with van der Waals surface area (Å²) in [7, 11) is -3.01. The normalized spacial score (nSPS) is 27.8. The maximum absolute atomic E-state index is 11.1. The zero-order valence-electron chi connectivity index (χ0n) is 7.93. The molecule has 0 bridgehead atoms. The molecule has 0 spiro atoms. The quantitative estimate of drug-likeness (QED) is 0.547. The zero-order valence-corrected chi connectivity index (χ0v) is 8.75. The van der Waals surface area contributed by atoms with Crippen molar-refractivity contribution in [3.05, 3.63) is 12.2 Å². The molecule has 0 aliphatic carbocycles. The van der Waals surface area contributed by atoms with Gasteiger partial charge in [-0.25, -0.2) is 4.79 Å². The Kier molecular flexibility index (Phi) is 3.54. The lowest BCUT2D eigenvalue weighted by Crippen LogP contribution is -2.32. The molecule has 6 heteroatoms. The summed E-state index contributed by atoms with van der Waals surface area (Å²) in [6.07, 6.45) is -0.00697. The Morgan fingerprint density at radius 1 is 1.64 bits per heavy atom. The summed E-state index contributed by atoms with van der Waals surface area (Å²) >= 11 is 0. The lowest BCUT2D eigenvalue weighted by Gasteiger charge is -2.34. The van der Waals surface area contributed by atoms with E-state index >= 15 is 0 Å². The van der Waals surface area contributed by atoms with Crippen LogP contribution < -0.4 is 0 Å². The summed E-state index contributed by atoms with van der Waals surface area (Å²) in [5.74, 6) is -0.557. The van der Waals surface area contributed by atoms with E-state index in [0.717, 1.165) is 0 Å². The summed E-state index contributed by atoms with van der Waals surface area (Å²) in [5.41, 5.74) is 0.299. The molecule has 1 atom stereocenters. The average molecular weight is 222 g/mol. The lowest BCUT2D eigenvalue weighted by molar-refractivity contribution is -0.144. The van der Waals surface area contributed by atoms with E-state index in [1.54, 1.807) is 6.92 Å². The van der Waals surface area contributed by atoms with E-state index in [9.17, 15) is 13.9 Å². The van der Waals surface area contributed by atoms with Crippen molar-refractivity contribution < 1.29 is 22.8 Å². The molecule has 1 rings (SSSR count). The molecule has 1 aliphatic rings. The fourth-order valence-electron chi connectivity index (χ4n) is 1.03. The molecule has 1 aliphatic heterocycles. The van der Waals surface area contributed by atoms with Crippen LogP contribution in [0.15, 0.2) is 12.2 Å². The van der Waals surface area contributed by atoms with Crippen molar-refractivity contribution in [1.29, 1.82) is 0 Å². The molecule has 0 aromatic heterocycles. The van der Waals surface area contributed by atoms with Crippen LogP contribution in [-0.2, 0) is 13.7 Å². The second-order valence-electron chi connectivity index (χ2n) is 3.19. The van der Waals surface area contributed by atoms with Gasteiger partial charge >= 0.3 is 5.97 Å². The molecule has 2 N–H and O–H groups in total. The van der Waals surface area contributed by atoms with Gasteiger partial charge in [-0.3, -0.25) is 4.18 Å². The summed E-state index contributed by atoms with van der Waals surface area (Å²) < 4.78 is 28.1. The number of rotatable bonds is 2. The number of ether oxygens (including phenoxy) is 1. The number of esters is 1. The summed E-state index contributed by atoms with van der Waals surface area (Å²) in [4.78, 5) is 11.1. The highest BCUT2D eigenvalue weighted by Crippen LogP contribution is 2.44. The van der Waals surface area contributed by atoms with Gasteiger partial charge in [0.15, 0.2) is 0 Å². The molecule has 14 heavy (non-hydrogen) atoms. The predicted molar refractivity (Wildman–Crippen MR) is 53.0 cm³/mol. The van der Waals surface area contributed by atoms with Crippen molar-refractivity contribution in [2.45, 2.75) is 19.4 Å². The Labute approximate surface area is 84.3 Å². The van der Waals surface area contributed by atoms with Gasteiger partial charge in [0.05, 0.1) is 23.2 Å². The van der Waals surface area contributed by atoms with Gasteiger partial charge in [0.1, 0.15) is 6.10 Å². The van der Waals surface area contributed by atoms with Gasteiger partial charge in [0, 0.05) is 12.0 Å². The van der Waals surface area contributed by atoms with Gasteiger partial charge in [-0.05, 0) is 6.92 Å². The highest BCUT2D eigenvalue weighted by Gasteiger charge is 2.31. The third kappa shape index (κ3) is 3.30. The highest BCUT2D eigenvalue weighted by atomic mass is 32.3. The number of carbonyl (C=O) groups is 1. The topological polar surface area (TPSA) is 76.0 Å². The Hall–Kier alpha value is -0.560. The number of carbonyl (C=O) groups excluding carboxylic acids is 1. The van der Waals surface area contributed by atoms with Crippen LogP contribution in [0.2, 0.25) is 0 Å². The van der Waals surface area contributed by atoms with Gasteiger partial charge in [0.2, 0.25) is 0 Å². The van der Waals surface area contributed by atoms with Gasteiger partial charge in [0.25, 0.3) is 0 Å². The van der Waals surface area contributed by atoms with Gasteiger partial charge in [-0.15, -0.1) is 0 Å². The maximum atomic E-state index is 11.1. The van der Waals surface area contributed by atoms with E-state index in [2.05, 4.69) is 6.58 Å².